The summed E-state index contributed by atoms with van der Waals surface area (Å²) in [5, 5.41) is 0. The van der Waals surface area contributed by atoms with Gasteiger partial charge in [-0.05, 0) is 95.2 Å². The molecule has 3 rings (SSSR count). The number of halogens is 3. The van der Waals surface area contributed by atoms with Gasteiger partial charge in [0.25, 0.3) is 0 Å². The Morgan fingerprint density at radius 2 is 1.66 bits per heavy atom. The fourth-order valence-corrected chi connectivity index (χ4v) is 5.22. The molecule has 0 aliphatic carbocycles. The van der Waals surface area contributed by atoms with E-state index in [-0.39, 0.29) is 11.6 Å². The maximum absolute atomic E-state index is 13.5. The molecular formula is C25H21BrFIO3S. The molecule has 3 aromatic rings. The summed E-state index contributed by atoms with van der Waals surface area (Å²) >= 11 is 7.05. The molecule has 0 spiro atoms. The van der Waals surface area contributed by atoms with Gasteiger partial charge in [0, 0.05) is 19.4 Å². The van der Waals surface area contributed by atoms with Crippen LogP contribution in [0.5, 0.6) is 11.5 Å². The van der Waals surface area contributed by atoms with Crippen LogP contribution in [0.1, 0.15) is 28.4 Å². The van der Waals surface area contributed by atoms with Gasteiger partial charge in [0.05, 0.1) is 18.6 Å². The second-order valence-electron chi connectivity index (χ2n) is 6.69. The van der Waals surface area contributed by atoms with E-state index in [1.807, 2.05) is 37.3 Å². The van der Waals surface area contributed by atoms with Gasteiger partial charge in [0.2, 0.25) is 0 Å². The molecule has 0 saturated heterocycles. The van der Waals surface area contributed by atoms with Gasteiger partial charge in [-0.15, -0.1) is 11.8 Å². The van der Waals surface area contributed by atoms with Crippen LogP contribution in [0, 0.1) is 5.82 Å². The highest BCUT2D eigenvalue weighted by molar-refractivity contribution is 14.1. The number of ether oxygens (including phenoxy) is 2. The Morgan fingerprint density at radius 3 is 2.28 bits per heavy atom. The molecule has 3 aromatic carbocycles. The number of thioether (sulfide) groups is 1. The number of hydrogen-bond donors (Lipinski definition) is 0. The predicted octanol–water partition coefficient (Wildman–Crippen LogP) is 7.92. The maximum Gasteiger partial charge on any atom is 0.200 e. The second-order valence-corrected chi connectivity index (χ2v) is 9.67. The Hall–Kier alpha value is -1.84. The molecule has 0 unspecified atom stereocenters. The molecule has 0 saturated carbocycles. The van der Waals surface area contributed by atoms with Crippen LogP contribution < -0.4 is 9.47 Å². The first kappa shape index (κ1) is 24.8. The average Bonchev–Trinajstić information content (AvgIpc) is 2.81. The average molecular weight is 627 g/mol. The van der Waals surface area contributed by atoms with E-state index >= 15 is 0 Å². The van der Waals surface area contributed by atoms with Gasteiger partial charge in [-0.25, -0.2) is 4.39 Å². The van der Waals surface area contributed by atoms with Gasteiger partial charge in [0.15, 0.2) is 17.3 Å². The number of carbonyl (C=O) groups is 1. The van der Waals surface area contributed by atoms with E-state index < -0.39 is 0 Å². The second kappa shape index (κ2) is 11.9. The lowest BCUT2D eigenvalue weighted by molar-refractivity contribution is 0.104. The Balaban J connectivity index is 2.00. The molecule has 0 aromatic heterocycles. The van der Waals surface area contributed by atoms with Crippen molar-refractivity contribution in [2.75, 3.05) is 13.7 Å². The Morgan fingerprint density at radius 1 is 1.00 bits per heavy atom. The lowest BCUT2D eigenvalue weighted by atomic mass is 10.1. The molecule has 0 radical (unpaired) electrons. The largest absolute Gasteiger partial charge is 0.493 e. The minimum Gasteiger partial charge on any atom is -0.493 e. The van der Waals surface area contributed by atoms with Gasteiger partial charge in [-0.1, -0.05) is 28.1 Å². The molecule has 3 nitrogen and oxygen atoms in total. The summed E-state index contributed by atoms with van der Waals surface area (Å²) in [4.78, 5) is 14.1. The van der Waals surface area contributed by atoms with Crippen LogP contribution in [-0.4, -0.2) is 19.5 Å². The number of carbonyl (C=O) groups excluding carboxylic acids is 1. The normalized spacial score (nSPS) is 11.7. The van der Waals surface area contributed by atoms with Gasteiger partial charge in [-0.3, -0.25) is 4.79 Å². The summed E-state index contributed by atoms with van der Waals surface area (Å²) in [6.07, 6.45) is 0. The third-order valence-corrected chi connectivity index (χ3v) is 7.74. The summed E-state index contributed by atoms with van der Waals surface area (Å²) in [7, 11) is 1.59. The first-order valence-corrected chi connectivity index (χ1v) is 12.7. The van der Waals surface area contributed by atoms with E-state index in [9.17, 15) is 9.18 Å². The number of Topliss-reactive ketones (excluding diaryl/α,β-unsaturated/α-hetero) is 1. The van der Waals surface area contributed by atoms with Crippen LogP contribution >= 0.6 is 50.3 Å². The van der Waals surface area contributed by atoms with E-state index in [1.165, 1.54) is 23.9 Å². The molecule has 0 fully saturated rings. The molecule has 0 bridgehead atoms. The van der Waals surface area contributed by atoms with E-state index in [0.717, 1.165) is 19.2 Å². The fourth-order valence-electron chi connectivity index (χ4n) is 2.91. The topological polar surface area (TPSA) is 35.5 Å². The van der Waals surface area contributed by atoms with Crippen LogP contribution in [0.25, 0.3) is 3.58 Å². The van der Waals surface area contributed by atoms with Crippen molar-refractivity contribution in [3.05, 3.63) is 98.6 Å². The molecule has 7 heteroatoms. The summed E-state index contributed by atoms with van der Waals surface area (Å²) in [6.45, 7) is 2.45. The third-order valence-electron chi connectivity index (χ3n) is 4.53. The smallest absolute Gasteiger partial charge is 0.200 e. The summed E-state index contributed by atoms with van der Waals surface area (Å²) < 4.78 is 26.1. The van der Waals surface area contributed by atoms with E-state index in [0.29, 0.717) is 34.3 Å². The lowest BCUT2D eigenvalue weighted by Gasteiger charge is -2.14. The Kier molecular flexibility index (Phi) is 9.19. The highest BCUT2D eigenvalue weighted by atomic mass is 127. The van der Waals surface area contributed by atoms with Crippen molar-refractivity contribution < 1.29 is 18.7 Å². The molecule has 0 atom stereocenters. The zero-order valence-electron chi connectivity index (χ0n) is 17.5. The SMILES string of the molecule is CCOc1ccc(C(I)=C(SCc2ccc(F)cc2)C(=O)c2ccc(Br)cc2)cc1OC. The number of ketones is 1. The van der Waals surface area contributed by atoms with Crippen molar-refractivity contribution in [3.63, 3.8) is 0 Å². The first-order valence-electron chi connectivity index (χ1n) is 9.81. The minimum absolute atomic E-state index is 0.0677. The highest BCUT2D eigenvalue weighted by Crippen LogP contribution is 2.39. The van der Waals surface area contributed by atoms with Crippen molar-refractivity contribution >= 4 is 59.6 Å². The molecule has 166 valence electrons. The monoisotopic (exact) mass is 626 g/mol. The zero-order valence-corrected chi connectivity index (χ0v) is 22.1. The Labute approximate surface area is 213 Å². The maximum atomic E-state index is 13.5. The van der Waals surface area contributed by atoms with Crippen LogP contribution in [-0.2, 0) is 5.75 Å². The van der Waals surface area contributed by atoms with Gasteiger partial charge in [-0.2, -0.15) is 0 Å². The quantitative estimate of drug-likeness (QED) is 0.137. The van der Waals surface area contributed by atoms with E-state index in [4.69, 9.17) is 9.47 Å². The van der Waals surface area contributed by atoms with Crippen molar-refractivity contribution in [2.45, 2.75) is 12.7 Å². The van der Waals surface area contributed by atoms with Gasteiger partial charge in [0.1, 0.15) is 5.82 Å². The molecular weight excluding hydrogens is 606 g/mol. The molecule has 0 aliphatic rings. The van der Waals surface area contributed by atoms with Crippen molar-refractivity contribution in [1.29, 1.82) is 0 Å². The van der Waals surface area contributed by atoms with Gasteiger partial charge < -0.3 is 9.47 Å². The fraction of sp³-hybridized carbons (Fsp3) is 0.160. The number of methoxy groups -OCH3 is 1. The summed E-state index contributed by atoms with van der Waals surface area (Å²) in [6, 6.07) is 19.3. The minimum atomic E-state index is -0.281. The molecule has 0 heterocycles. The Bertz CT molecular complexity index is 1120. The molecule has 0 N–H and O–H groups in total. The number of rotatable bonds is 9. The van der Waals surface area contributed by atoms with Crippen molar-refractivity contribution in [3.8, 4) is 11.5 Å². The molecule has 32 heavy (non-hydrogen) atoms. The molecule has 0 aliphatic heterocycles. The molecule has 0 amide bonds. The highest BCUT2D eigenvalue weighted by Gasteiger charge is 2.19. The number of allylic oxidation sites excluding steroid dienone is 1. The van der Waals surface area contributed by atoms with Crippen LogP contribution in [0.4, 0.5) is 4.39 Å². The van der Waals surface area contributed by atoms with E-state index in [1.54, 1.807) is 31.4 Å². The van der Waals surface area contributed by atoms with Crippen molar-refractivity contribution in [2.24, 2.45) is 0 Å². The third kappa shape index (κ3) is 6.36. The standard InChI is InChI=1S/C25H21BrFIO3S/c1-3-31-21-13-8-18(14-22(21)30-2)23(28)25(24(29)17-6-9-19(26)10-7-17)32-15-16-4-11-20(27)12-5-16/h4-14H,3,15H2,1-2H3. The lowest BCUT2D eigenvalue weighted by Crippen LogP contribution is -2.03. The van der Waals surface area contributed by atoms with Crippen LogP contribution in [0.15, 0.2) is 76.1 Å². The first-order chi connectivity index (χ1) is 15.4. The zero-order chi connectivity index (χ0) is 23.1. The van der Waals surface area contributed by atoms with Gasteiger partial charge >= 0.3 is 0 Å². The number of benzene rings is 3. The van der Waals surface area contributed by atoms with Crippen molar-refractivity contribution in [1.82, 2.24) is 0 Å². The van der Waals surface area contributed by atoms with Crippen LogP contribution in [0.3, 0.4) is 0 Å². The van der Waals surface area contributed by atoms with Crippen LogP contribution in [0.2, 0.25) is 0 Å². The number of hydrogen-bond acceptors (Lipinski definition) is 4. The predicted molar refractivity (Wildman–Crippen MR) is 141 cm³/mol. The summed E-state index contributed by atoms with van der Waals surface area (Å²) in [5.74, 6) is 1.46. The van der Waals surface area contributed by atoms with E-state index in [2.05, 4.69) is 38.5 Å². The summed E-state index contributed by atoms with van der Waals surface area (Å²) in [5.41, 5.74) is 2.39.